The van der Waals surface area contributed by atoms with Gasteiger partial charge in [-0.15, -0.1) is 0 Å². The lowest BCUT2D eigenvalue weighted by Crippen LogP contribution is -2.45. The highest BCUT2D eigenvalue weighted by molar-refractivity contribution is 7.89. The van der Waals surface area contributed by atoms with E-state index in [9.17, 15) is 8.42 Å². The number of likely N-dealkylation sites (N-methyl/N-ethyl adjacent to an activating group) is 1. The van der Waals surface area contributed by atoms with Crippen LogP contribution in [-0.2, 0) is 16.4 Å². The Morgan fingerprint density at radius 3 is 2.38 bits per heavy atom. The van der Waals surface area contributed by atoms with E-state index >= 15 is 0 Å². The summed E-state index contributed by atoms with van der Waals surface area (Å²) in [6.45, 7) is 6.31. The molecule has 0 amide bonds. The van der Waals surface area contributed by atoms with Gasteiger partial charge in [0.15, 0.2) is 0 Å². The fourth-order valence-corrected chi connectivity index (χ4v) is 3.79. The normalized spacial score (nSPS) is 13.1. The Hall–Kier alpha value is -1.76. The van der Waals surface area contributed by atoms with Crippen LogP contribution in [0.3, 0.4) is 0 Å². The quantitative estimate of drug-likeness (QED) is 0.756. The van der Waals surface area contributed by atoms with Gasteiger partial charge in [-0.1, -0.05) is 44.2 Å². The maximum absolute atomic E-state index is 12.4. The number of hydrogen-bond acceptors (Lipinski definition) is 4. The topological polar surface area (TPSA) is 62.3 Å². The first-order valence-corrected chi connectivity index (χ1v) is 9.72. The van der Waals surface area contributed by atoms with Crippen molar-refractivity contribution in [3.63, 3.8) is 0 Å². The van der Waals surface area contributed by atoms with E-state index in [2.05, 4.69) is 40.6 Å². The molecule has 0 aliphatic carbocycles. The minimum atomic E-state index is -3.54. The van der Waals surface area contributed by atoms with Gasteiger partial charge in [-0.3, -0.25) is 9.88 Å². The van der Waals surface area contributed by atoms with Crippen LogP contribution in [-0.4, -0.2) is 44.0 Å². The summed E-state index contributed by atoms with van der Waals surface area (Å²) in [4.78, 5) is 6.36. The predicted molar refractivity (Wildman–Crippen MR) is 96.3 cm³/mol. The lowest BCUT2D eigenvalue weighted by atomic mass is 10.0. The fourth-order valence-electron chi connectivity index (χ4n) is 2.75. The zero-order valence-electron chi connectivity index (χ0n) is 14.2. The largest absolute Gasteiger partial charge is 0.299 e. The van der Waals surface area contributed by atoms with Crippen LogP contribution in [0.25, 0.3) is 0 Å². The number of aromatic nitrogens is 1. The molecule has 6 heteroatoms. The number of rotatable bonds is 9. The maximum atomic E-state index is 12.4. The molecule has 1 atom stereocenters. The highest BCUT2D eigenvalue weighted by Gasteiger charge is 2.20. The van der Waals surface area contributed by atoms with Gasteiger partial charge in [0.25, 0.3) is 0 Å². The van der Waals surface area contributed by atoms with Gasteiger partial charge in [0.05, 0.1) is 0 Å². The Bertz CT molecular complexity index is 702. The van der Waals surface area contributed by atoms with E-state index < -0.39 is 10.0 Å². The monoisotopic (exact) mass is 347 g/mol. The fraction of sp³-hybridized carbons (Fsp3) is 0.389. The molecule has 2 rings (SSSR count). The molecule has 130 valence electrons. The van der Waals surface area contributed by atoms with Crippen molar-refractivity contribution in [2.24, 2.45) is 0 Å². The van der Waals surface area contributed by atoms with Crippen molar-refractivity contribution >= 4 is 10.0 Å². The zero-order chi connectivity index (χ0) is 17.4. The Morgan fingerprint density at radius 2 is 1.79 bits per heavy atom. The molecule has 0 aliphatic rings. The average Bonchev–Trinajstić information content (AvgIpc) is 2.62. The van der Waals surface area contributed by atoms with Gasteiger partial charge in [-0.25, -0.2) is 13.1 Å². The Kier molecular flexibility index (Phi) is 6.90. The van der Waals surface area contributed by atoms with E-state index in [0.29, 0.717) is 6.54 Å². The van der Waals surface area contributed by atoms with Crippen molar-refractivity contribution in [1.29, 1.82) is 0 Å². The number of benzene rings is 1. The molecule has 2 aromatic rings. The highest BCUT2D eigenvalue weighted by Crippen LogP contribution is 2.11. The van der Waals surface area contributed by atoms with Crippen molar-refractivity contribution in [2.75, 3.05) is 19.6 Å². The van der Waals surface area contributed by atoms with Gasteiger partial charge >= 0.3 is 0 Å². The first-order valence-electron chi connectivity index (χ1n) is 8.24. The average molecular weight is 347 g/mol. The lowest BCUT2D eigenvalue weighted by molar-refractivity contribution is 0.216. The molecule has 24 heavy (non-hydrogen) atoms. The number of sulfonamides is 1. The zero-order valence-corrected chi connectivity index (χ0v) is 15.0. The van der Waals surface area contributed by atoms with E-state index in [1.165, 1.54) is 11.8 Å². The molecule has 1 heterocycles. The first kappa shape index (κ1) is 18.6. The third kappa shape index (κ3) is 5.12. The standard InChI is InChI=1S/C18H25N3O2S/c1-3-21(4-2)17(13-16-9-6-5-7-10-16)14-20-24(22,23)18-11-8-12-19-15-18/h5-12,15,17,20H,3-4,13-14H2,1-2H3. The number of hydrogen-bond donors (Lipinski definition) is 1. The minimum absolute atomic E-state index is 0.105. The Morgan fingerprint density at radius 1 is 1.08 bits per heavy atom. The van der Waals surface area contributed by atoms with Crippen LogP contribution in [0.1, 0.15) is 19.4 Å². The second kappa shape index (κ2) is 8.92. The molecule has 0 bridgehead atoms. The summed E-state index contributed by atoms with van der Waals surface area (Å²) in [5.74, 6) is 0. The second-order valence-electron chi connectivity index (χ2n) is 5.61. The SMILES string of the molecule is CCN(CC)C(CNS(=O)(=O)c1cccnc1)Cc1ccccc1. The van der Waals surface area contributed by atoms with Gasteiger partial charge in [-0.2, -0.15) is 0 Å². The van der Waals surface area contributed by atoms with E-state index in [0.717, 1.165) is 19.5 Å². The Balaban J connectivity index is 2.10. The molecular formula is C18H25N3O2S. The summed E-state index contributed by atoms with van der Waals surface area (Å²) in [6.07, 6.45) is 3.73. The van der Waals surface area contributed by atoms with Crippen molar-refractivity contribution in [3.05, 3.63) is 60.4 Å². The summed E-state index contributed by atoms with van der Waals surface area (Å²) in [5, 5.41) is 0. The van der Waals surface area contributed by atoms with E-state index in [1.807, 2.05) is 18.2 Å². The Labute approximate surface area is 144 Å². The minimum Gasteiger partial charge on any atom is -0.299 e. The predicted octanol–water partition coefficient (Wildman–Crippen LogP) is 2.31. The van der Waals surface area contributed by atoms with Crippen LogP contribution < -0.4 is 4.72 Å². The molecule has 0 saturated heterocycles. The molecule has 1 unspecified atom stereocenters. The van der Waals surface area contributed by atoms with Gasteiger partial charge in [0.1, 0.15) is 4.90 Å². The summed E-state index contributed by atoms with van der Waals surface area (Å²) in [5.41, 5.74) is 1.20. The van der Waals surface area contributed by atoms with Crippen LogP contribution in [0.4, 0.5) is 0 Å². The van der Waals surface area contributed by atoms with E-state index in [4.69, 9.17) is 0 Å². The van der Waals surface area contributed by atoms with Gasteiger partial charge < -0.3 is 0 Å². The maximum Gasteiger partial charge on any atom is 0.242 e. The van der Waals surface area contributed by atoms with Crippen LogP contribution in [0.15, 0.2) is 59.8 Å². The molecule has 0 fully saturated rings. The van der Waals surface area contributed by atoms with Gasteiger partial charge in [0, 0.05) is 25.0 Å². The molecule has 1 N–H and O–H groups in total. The molecular weight excluding hydrogens is 322 g/mol. The van der Waals surface area contributed by atoms with Crippen molar-refractivity contribution < 1.29 is 8.42 Å². The van der Waals surface area contributed by atoms with Crippen LogP contribution in [0, 0.1) is 0 Å². The van der Waals surface area contributed by atoms with Crippen LogP contribution >= 0.6 is 0 Å². The lowest BCUT2D eigenvalue weighted by Gasteiger charge is -2.30. The van der Waals surface area contributed by atoms with Crippen LogP contribution in [0.5, 0.6) is 0 Å². The smallest absolute Gasteiger partial charge is 0.242 e. The summed E-state index contributed by atoms with van der Waals surface area (Å²) in [7, 11) is -3.54. The number of pyridine rings is 1. The summed E-state index contributed by atoms with van der Waals surface area (Å²) >= 11 is 0. The molecule has 1 aromatic heterocycles. The molecule has 1 aromatic carbocycles. The van der Waals surface area contributed by atoms with Gasteiger partial charge in [-0.05, 0) is 37.2 Å². The van der Waals surface area contributed by atoms with Crippen molar-refractivity contribution in [3.8, 4) is 0 Å². The molecule has 0 radical (unpaired) electrons. The molecule has 0 spiro atoms. The molecule has 5 nitrogen and oxygen atoms in total. The third-order valence-corrected chi connectivity index (χ3v) is 5.51. The number of nitrogens with one attached hydrogen (secondary N) is 1. The van der Waals surface area contributed by atoms with Crippen molar-refractivity contribution in [2.45, 2.75) is 31.2 Å². The first-order chi connectivity index (χ1) is 11.6. The molecule has 0 saturated carbocycles. The van der Waals surface area contributed by atoms with E-state index in [-0.39, 0.29) is 10.9 Å². The summed E-state index contributed by atoms with van der Waals surface area (Å²) < 4.78 is 27.6. The number of nitrogens with zero attached hydrogens (tertiary/aromatic N) is 2. The van der Waals surface area contributed by atoms with Crippen LogP contribution in [0.2, 0.25) is 0 Å². The molecule has 0 aliphatic heterocycles. The highest BCUT2D eigenvalue weighted by atomic mass is 32.2. The van der Waals surface area contributed by atoms with E-state index in [1.54, 1.807) is 18.3 Å². The van der Waals surface area contributed by atoms with Crippen molar-refractivity contribution in [1.82, 2.24) is 14.6 Å². The van der Waals surface area contributed by atoms with Gasteiger partial charge in [0.2, 0.25) is 10.0 Å². The third-order valence-electron chi connectivity index (χ3n) is 4.10. The second-order valence-corrected chi connectivity index (χ2v) is 7.37. The summed E-state index contributed by atoms with van der Waals surface area (Å²) in [6, 6.07) is 13.4.